The third-order valence-electron chi connectivity index (χ3n) is 5.07. The minimum absolute atomic E-state index is 0.127. The summed E-state index contributed by atoms with van der Waals surface area (Å²) in [4.78, 5) is 23.5. The van der Waals surface area contributed by atoms with Gasteiger partial charge in [0.05, 0.1) is 6.20 Å². The lowest BCUT2D eigenvalue weighted by atomic mass is 10.1. The quantitative estimate of drug-likeness (QED) is 0.305. The Labute approximate surface area is 198 Å². The van der Waals surface area contributed by atoms with E-state index in [1.54, 1.807) is 30.4 Å². The molecule has 1 N–H and O–H groups in total. The average Bonchev–Trinajstić information content (AvgIpc) is 2.85. The topological polar surface area (TPSA) is 58.1 Å². The second-order valence-electron chi connectivity index (χ2n) is 7.83. The van der Waals surface area contributed by atoms with Crippen molar-refractivity contribution < 1.29 is 4.79 Å². The van der Waals surface area contributed by atoms with Gasteiger partial charge in [0, 0.05) is 46.8 Å². The second-order valence-corrected chi connectivity index (χ2v) is 8.83. The van der Waals surface area contributed by atoms with Gasteiger partial charge in [0.15, 0.2) is 0 Å². The molecule has 1 heterocycles. The lowest BCUT2D eigenvalue weighted by molar-refractivity contribution is 0.102. The molecule has 3 aromatic carbocycles. The molecule has 0 spiro atoms. The number of nitrogens with zero attached hydrogens (tertiary/aromatic N) is 3. The van der Waals surface area contributed by atoms with E-state index in [1.165, 1.54) is 0 Å². The predicted octanol–water partition coefficient (Wildman–Crippen LogP) is 6.57. The van der Waals surface area contributed by atoms with Crippen molar-refractivity contribution in [1.82, 2.24) is 9.97 Å². The molecule has 1 aromatic heterocycles. The minimum Gasteiger partial charge on any atom is -0.339 e. The molecule has 4 rings (SSSR count). The summed E-state index contributed by atoms with van der Waals surface area (Å²) in [6.45, 7) is 4.33. The van der Waals surface area contributed by atoms with Gasteiger partial charge in [0.25, 0.3) is 5.91 Å². The normalized spacial score (nSPS) is 10.8. The predicted molar refractivity (Wildman–Crippen MR) is 136 cm³/mol. The highest BCUT2D eigenvalue weighted by molar-refractivity contribution is 7.98. The first-order valence-electron chi connectivity index (χ1n) is 10.8. The molecule has 0 saturated carbocycles. The van der Waals surface area contributed by atoms with Gasteiger partial charge in [0.1, 0.15) is 5.03 Å². The van der Waals surface area contributed by atoms with E-state index >= 15 is 0 Å². The summed E-state index contributed by atoms with van der Waals surface area (Å²) >= 11 is 1.59. The fraction of sp³-hybridized carbons (Fsp3) is 0.148. The van der Waals surface area contributed by atoms with Crippen LogP contribution in [0.3, 0.4) is 0 Å². The standard InChI is InChI=1S/C27H26N4OS/c1-20(2)31(24-9-4-3-5-10-24)25-13-11-23(12-14-25)30-27(32)22-8-6-7-21(17-22)19-33-26-18-28-15-16-29-26/h3-18,20H,19H2,1-2H3,(H,30,32). The molecule has 0 unspecified atom stereocenters. The van der Waals surface area contributed by atoms with Crippen molar-refractivity contribution in [3.63, 3.8) is 0 Å². The SMILES string of the molecule is CC(C)N(c1ccccc1)c1ccc(NC(=O)c2cccc(CSc3cnccn3)c2)cc1. The van der Waals surface area contributed by atoms with Crippen LogP contribution in [0.4, 0.5) is 17.1 Å². The molecule has 0 radical (unpaired) electrons. The Bertz CT molecular complexity index is 1180. The Morgan fingerprint density at radius 3 is 2.39 bits per heavy atom. The van der Waals surface area contributed by atoms with E-state index in [9.17, 15) is 4.79 Å². The second kappa shape index (κ2) is 10.8. The Morgan fingerprint density at radius 2 is 1.70 bits per heavy atom. The third kappa shape index (κ3) is 5.99. The molecular formula is C27H26N4OS. The summed E-state index contributed by atoms with van der Waals surface area (Å²) < 4.78 is 0. The number of rotatable bonds is 8. The molecule has 0 atom stereocenters. The maximum atomic E-state index is 12.8. The van der Waals surface area contributed by atoms with Crippen LogP contribution in [0.2, 0.25) is 0 Å². The van der Waals surface area contributed by atoms with Crippen molar-refractivity contribution >= 4 is 34.7 Å². The molecule has 0 saturated heterocycles. The number of carbonyl (C=O) groups is 1. The van der Waals surface area contributed by atoms with E-state index in [-0.39, 0.29) is 5.91 Å². The van der Waals surface area contributed by atoms with E-state index in [2.05, 4.69) is 46.2 Å². The van der Waals surface area contributed by atoms with Crippen LogP contribution in [0, 0.1) is 0 Å². The lowest BCUT2D eigenvalue weighted by Crippen LogP contribution is -2.25. The summed E-state index contributed by atoms with van der Waals surface area (Å²) in [5, 5.41) is 3.87. The van der Waals surface area contributed by atoms with E-state index in [0.29, 0.717) is 11.6 Å². The number of nitrogens with one attached hydrogen (secondary N) is 1. The van der Waals surface area contributed by atoms with Crippen molar-refractivity contribution in [1.29, 1.82) is 0 Å². The van der Waals surface area contributed by atoms with Crippen LogP contribution in [0.1, 0.15) is 29.8 Å². The highest BCUT2D eigenvalue weighted by Crippen LogP contribution is 2.29. The average molecular weight is 455 g/mol. The van der Waals surface area contributed by atoms with Gasteiger partial charge in [0.2, 0.25) is 0 Å². The molecular weight excluding hydrogens is 428 g/mol. The number of hydrogen-bond donors (Lipinski definition) is 1. The molecule has 5 nitrogen and oxygen atoms in total. The number of amides is 1. The zero-order valence-corrected chi connectivity index (χ0v) is 19.5. The molecule has 0 fully saturated rings. The first-order chi connectivity index (χ1) is 16.1. The van der Waals surface area contributed by atoms with Crippen LogP contribution in [0.15, 0.2) is 102 Å². The van der Waals surface area contributed by atoms with E-state index in [1.807, 2.05) is 66.7 Å². The van der Waals surface area contributed by atoms with E-state index in [0.717, 1.165) is 33.4 Å². The van der Waals surface area contributed by atoms with Gasteiger partial charge in [-0.1, -0.05) is 30.3 Å². The summed E-state index contributed by atoms with van der Waals surface area (Å²) in [5.74, 6) is 0.594. The Morgan fingerprint density at radius 1 is 0.939 bits per heavy atom. The molecule has 6 heteroatoms. The zero-order chi connectivity index (χ0) is 23.0. The summed E-state index contributed by atoms with van der Waals surface area (Å²) in [6, 6.07) is 26.2. The van der Waals surface area contributed by atoms with Gasteiger partial charge in [-0.05, 0) is 67.9 Å². The van der Waals surface area contributed by atoms with Crippen LogP contribution in [-0.4, -0.2) is 21.9 Å². The molecule has 4 aromatic rings. The monoisotopic (exact) mass is 454 g/mol. The van der Waals surface area contributed by atoms with Gasteiger partial charge in [-0.25, -0.2) is 4.98 Å². The number of anilines is 3. The Balaban J connectivity index is 1.42. The zero-order valence-electron chi connectivity index (χ0n) is 18.7. The molecule has 166 valence electrons. The first kappa shape index (κ1) is 22.6. The van der Waals surface area contributed by atoms with Gasteiger partial charge < -0.3 is 10.2 Å². The van der Waals surface area contributed by atoms with Crippen LogP contribution in [-0.2, 0) is 5.75 Å². The van der Waals surface area contributed by atoms with E-state index in [4.69, 9.17) is 0 Å². The molecule has 1 amide bonds. The van der Waals surface area contributed by atoms with Crippen LogP contribution < -0.4 is 10.2 Å². The van der Waals surface area contributed by atoms with Gasteiger partial charge >= 0.3 is 0 Å². The summed E-state index contributed by atoms with van der Waals surface area (Å²) in [5.41, 5.74) is 4.67. The number of benzene rings is 3. The van der Waals surface area contributed by atoms with Gasteiger partial charge in [-0.15, -0.1) is 11.8 Å². The largest absolute Gasteiger partial charge is 0.339 e. The highest BCUT2D eigenvalue weighted by Gasteiger charge is 2.13. The maximum Gasteiger partial charge on any atom is 0.255 e. The number of carbonyl (C=O) groups excluding carboxylic acids is 1. The van der Waals surface area contributed by atoms with Crippen LogP contribution in [0.25, 0.3) is 0 Å². The molecule has 33 heavy (non-hydrogen) atoms. The number of thioether (sulfide) groups is 1. The van der Waals surface area contributed by atoms with Crippen LogP contribution in [0.5, 0.6) is 0 Å². The number of hydrogen-bond acceptors (Lipinski definition) is 5. The van der Waals surface area contributed by atoms with Crippen molar-refractivity contribution in [2.45, 2.75) is 30.7 Å². The maximum absolute atomic E-state index is 12.8. The smallest absolute Gasteiger partial charge is 0.255 e. The van der Waals surface area contributed by atoms with Crippen molar-refractivity contribution in [2.24, 2.45) is 0 Å². The van der Waals surface area contributed by atoms with Gasteiger partial charge in [-0.3, -0.25) is 9.78 Å². The number of aromatic nitrogens is 2. The molecule has 0 bridgehead atoms. The molecule has 0 aliphatic heterocycles. The number of para-hydroxylation sites is 1. The van der Waals surface area contributed by atoms with Crippen molar-refractivity contribution in [2.75, 3.05) is 10.2 Å². The van der Waals surface area contributed by atoms with Crippen LogP contribution >= 0.6 is 11.8 Å². The molecule has 0 aliphatic rings. The third-order valence-corrected chi connectivity index (χ3v) is 6.05. The summed E-state index contributed by atoms with van der Waals surface area (Å²) in [6.07, 6.45) is 5.07. The molecule has 0 aliphatic carbocycles. The van der Waals surface area contributed by atoms with Gasteiger partial charge in [-0.2, -0.15) is 0 Å². The Hall–Kier alpha value is -3.64. The fourth-order valence-corrected chi connectivity index (χ4v) is 4.33. The highest BCUT2D eigenvalue weighted by atomic mass is 32.2. The first-order valence-corrected chi connectivity index (χ1v) is 11.8. The fourth-order valence-electron chi connectivity index (χ4n) is 3.56. The lowest BCUT2D eigenvalue weighted by Gasteiger charge is -2.29. The Kier molecular flexibility index (Phi) is 7.37. The van der Waals surface area contributed by atoms with Crippen molar-refractivity contribution in [3.8, 4) is 0 Å². The minimum atomic E-state index is -0.127. The van der Waals surface area contributed by atoms with Crippen molar-refractivity contribution in [3.05, 3.63) is 109 Å². The summed E-state index contributed by atoms with van der Waals surface area (Å²) in [7, 11) is 0. The van der Waals surface area contributed by atoms with E-state index < -0.39 is 0 Å².